The molecule has 0 spiro atoms. The molecule has 2 amide bonds. The zero-order valence-electron chi connectivity index (χ0n) is 16.0. The lowest BCUT2D eigenvalue weighted by molar-refractivity contribution is -0.127. The summed E-state index contributed by atoms with van der Waals surface area (Å²) in [6, 6.07) is 8.09. The molecule has 3 N–H and O–H groups in total. The quantitative estimate of drug-likeness (QED) is 0.666. The molecule has 0 radical (unpaired) electrons. The van der Waals surface area contributed by atoms with Crippen LogP contribution in [0.15, 0.2) is 24.3 Å². The molecule has 1 fully saturated rings. The predicted octanol–water partition coefficient (Wildman–Crippen LogP) is 2.49. The van der Waals surface area contributed by atoms with Gasteiger partial charge in [0, 0.05) is 13.0 Å². The fraction of sp³-hybridized carbons (Fsp3) is 0.619. The van der Waals surface area contributed by atoms with Gasteiger partial charge in [0.05, 0.1) is 12.1 Å². The van der Waals surface area contributed by atoms with Crippen LogP contribution in [0.3, 0.4) is 0 Å². The van der Waals surface area contributed by atoms with Crippen molar-refractivity contribution in [2.45, 2.75) is 64.4 Å². The number of nitrogens with one attached hydrogen (secondary N) is 2. The maximum absolute atomic E-state index is 12.0. The van der Waals surface area contributed by atoms with Crippen LogP contribution in [0.5, 0.6) is 0 Å². The van der Waals surface area contributed by atoms with E-state index in [4.69, 9.17) is 0 Å². The fourth-order valence-corrected chi connectivity index (χ4v) is 3.49. The van der Waals surface area contributed by atoms with Crippen molar-refractivity contribution in [3.05, 3.63) is 35.4 Å². The molecule has 2 rings (SSSR count). The molecule has 0 heterocycles. The van der Waals surface area contributed by atoms with Crippen molar-refractivity contribution in [2.75, 3.05) is 13.1 Å². The van der Waals surface area contributed by atoms with Gasteiger partial charge in [-0.15, -0.1) is 0 Å². The highest BCUT2D eigenvalue weighted by Crippen LogP contribution is 2.32. The van der Waals surface area contributed by atoms with Gasteiger partial charge in [0.1, 0.15) is 0 Å². The molecule has 144 valence electrons. The van der Waals surface area contributed by atoms with Crippen molar-refractivity contribution < 1.29 is 14.7 Å². The Bertz CT molecular complexity index is 590. The molecule has 1 saturated carbocycles. The van der Waals surface area contributed by atoms with E-state index in [9.17, 15) is 14.7 Å². The van der Waals surface area contributed by atoms with Crippen molar-refractivity contribution in [3.8, 4) is 0 Å². The number of hydrogen-bond acceptors (Lipinski definition) is 3. The Hall–Kier alpha value is -1.88. The number of benzene rings is 1. The summed E-state index contributed by atoms with van der Waals surface area (Å²) in [6.07, 6.45) is 6.56. The second-order valence-electron chi connectivity index (χ2n) is 7.73. The lowest BCUT2D eigenvalue weighted by Gasteiger charge is -2.35. The molecule has 0 saturated heterocycles. The largest absolute Gasteiger partial charge is 0.388 e. The van der Waals surface area contributed by atoms with Gasteiger partial charge in [0.15, 0.2) is 0 Å². The Morgan fingerprint density at radius 2 is 1.73 bits per heavy atom. The number of carbonyl (C=O) groups is 2. The summed E-state index contributed by atoms with van der Waals surface area (Å²) in [5.74, 6) is -0.162. The maximum atomic E-state index is 12.0. The van der Waals surface area contributed by atoms with E-state index in [0.29, 0.717) is 12.8 Å². The Morgan fingerprint density at radius 1 is 1.08 bits per heavy atom. The minimum absolute atomic E-state index is 0.0481. The molecule has 1 aromatic carbocycles. The number of rotatable bonds is 8. The molecule has 1 aliphatic carbocycles. The Kier molecular flexibility index (Phi) is 7.64. The molecule has 5 heteroatoms. The van der Waals surface area contributed by atoms with Crippen LogP contribution in [0.1, 0.15) is 56.6 Å². The molecule has 1 atom stereocenters. The number of amides is 2. The lowest BCUT2D eigenvalue weighted by Crippen LogP contribution is -2.48. The average molecular weight is 360 g/mol. The maximum Gasteiger partial charge on any atom is 0.239 e. The van der Waals surface area contributed by atoms with Crippen LogP contribution in [-0.2, 0) is 16.0 Å². The van der Waals surface area contributed by atoms with E-state index >= 15 is 0 Å². The normalized spacial score (nSPS) is 17.3. The third-order valence-electron chi connectivity index (χ3n) is 5.34. The van der Waals surface area contributed by atoms with Crippen LogP contribution in [0, 0.1) is 12.8 Å². The summed E-state index contributed by atoms with van der Waals surface area (Å²) >= 11 is 0. The molecule has 1 aromatic rings. The van der Waals surface area contributed by atoms with Gasteiger partial charge in [0.25, 0.3) is 0 Å². The summed E-state index contributed by atoms with van der Waals surface area (Å²) < 4.78 is 0. The Labute approximate surface area is 156 Å². The second-order valence-corrected chi connectivity index (χ2v) is 7.73. The average Bonchev–Trinajstić information content (AvgIpc) is 2.65. The molecular formula is C21H32N2O3. The molecule has 5 nitrogen and oxygen atoms in total. The van der Waals surface area contributed by atoms with Gasteiger partial charge < -0.3 is 15.7 Å². The second kappa shape index (κ2) is 9.72. The molecule has 0 aliphatic heterocycles. The molecular weight excluding hydrogens is 328 g/mol. The standard InChI is InChI=1S/C21H32N2O3/c1-16-8-10-17(11-9-16)12-13-19(24)22-14-20(25)23-15-21(2,26)18-6-4-3-5-7-18/h8-11,18,26H,3-7,12-15H2,1-2H3,(H,22,24)(H,23,25)/t21-/m1/s1. The third-order valence-corrected chi connectivity index (χ3v) is 5.34. The first-order valence-electron chi connectivity index (χ1n) is 9.68. The highest BCUT2D eigenvalue weighted by molar-refractivity contribution is 5.84. The number of aliphatic hydroxyl groups is 1. The topological polar surface area (TPSA) is 78.4 Å². The first-order chi connectivity index (χ1) is 12.4. The van der Waals surface area contributed by atoms with Crippen LogP contribution < -0.4 is 10.6 Å². The lowest BCUT2D eigenvalue weighted by atomic mass is 9.78. The van der Waals surface area contributed by atoms with Crippen LogP contribution in [0.2, 0.25) is 0 Å². The van der Waals surface area contributed by atoms with Gasteiger partial charge in [-0.3, -0.25) is 9.59 Å². The minimum Gasteiger partial charge on any atom is -0.388 e. The van der Waals surface area contributed by atoms with Crippen LogP contribution in [-0.4, -0.2) is 35.6 Å². The first kappa shape index (κ1) is 20.4. The van der Waals surface area contributed by atoms with Gasteiger partial charge in [-0.25, -0.2) is 0 Å². The Balaban J connectivity index is 1.64. The van der Waals surface area contributed by atoms with Gasteiger partial charge in [0.2, 0.25) is 11.8 Å². The highest BCUT2D eigenvalue weighted by Gasteiger charge is 2.32. The molecule has 26 heavy (non-hydrogen) atoms. The zero-order chi connectivity index (χ0) is 19.0. The van der Waals surface area contributed by atoms with Crippen LogP contribution >= 0.6 is 0 Å². The van der Waals surface area contributed by atoms with Gasteiger partial charge in [-0.1, -0.05) is 49.1 Å². The van der Waals surface area contributed by atoms with Crippen LogP contribution in [0.4, 0.5) is 0 Å². The van der Waals surface area contributed by atoms with Crippen molar-refractivity contribution in [1.29, 1.82) is 0 Å². The SMILES string of the molecule is Cc1ccc(CCC(=O)NCC(=O)NC[C@@](C)(O)C2CCCCC2)cc1. The summed E-state index contributed by atoms with van der Waals surface area (Å²) in [5.41, 5.74) is 1.42. The van der Waals surface area contributed by atoms with Crippen molar-refractivity contribution in [2.24, 2.45) is 5.92 Å². The fourth-order valence-electron chi connectivity index (χ4n) is 3.49. The summed E-state index contributed by atoms with van der Waals surface area (Å²) in [7, 11) is 0. The van der Waals surface area contributed by atoms with Gasteiger partial charge in [-0.05, 0) is 44.6 Å². The highest BCUT2D eigenvalue weighted by atomic mass is 16.3. The molecule has 1 aliphatic rings. The predicted molar refractivity (Wildman–Crippen MR) is 103 cm³/mol. The summed E-state index contributed by atoms with van der Waals surface area (Å²) in [4.78, 5) is 23.8. The van der Waals surface area contributed by atoms with E-state index in [1.165, 1.54) is 12.0 Å². The van der Waals surface area contributed by atoms with Crippen molar-refractivity contribution in [1.82, 2.24) is 10.6 Å². The minimum atomic E-state index is -0.883. The van der Waals surface area contributed by atoms with E-state index in [1.54, 1.807) is 6.92 Å². The zero-order valence-corrected chi connectivity index (χ0v) is 16.0. The molecule has 0 unspecified atom stereocenters. The number of carbonyl (C=O) groups excluding carboxylic acids is 2. The van der Waals surface area contributed by atoms with E-state index in [2.05, 4.69) is 10.6 Å². The Morgan fingerprint density at radius 3 is 2.38 bits per heavy atom. The number of aryl methyl sites for hydroxylation is 2. The van der Waals surface area contributed by atoms with E-state index < -0.39 is 5.60 Å². The number of hydrogen-bond donors (Lipinski definition) is 3. The van der Waals surface area contributed by atoms with E-state index in [-0.39, 0.29) is 30.8 Å². The van der Waals surface area contributed by atoms with Crippen molar-refractivity contribution >= 4 is 11.8 Å². The van der Waals surface area contributed by atoms with E-state index in [0.717, 1.165) is 31.2 Å². The smallest absolute Gasteiger partial charge is 0.239 e. The summed E-state index contributed by atoms with van der Waals surface area (Å²) in [5, 5.41) is 16.0. The molecule has 0 bridgehead atoms. The summed E-state index contributed by atoms with van der Waals surface area (Å²) in [6.45, 7) is 4.01. The third kappa shape index (κ3) is 6.79. The molecule has 0 aromatic heterocycles. The monoisotopic (exact) mass is 360 g/mol. The van der Waals surface area contributed by atoms with Gasteiger partial charge in [-0.2, -0.15) is 0 Å². The first-order valence-corrected chi connectivity index (χ1v) is 9.68. The van der Waals surface area contributed by atoms with Crippen LogP contribution in [0.25, 0.3) is 0 Å². The van der Waals surface area contributed by atoms with Gasteiger partial charge >= 0.3 is 0 Å². The van der Waals surface area contributed by atoms with Crippen molar-refractivity contribution in [3.63, 3.8) is 0 Å². The van der Waals surface area contributed by atoms with E-state index in [1.807, 2.05) is 31.2 Å².